The van der Waals surface area contributed by atoms with Gasteiger partial charge in [0, 0.05) is 25.7 Å². The summed E-state index contributed by atoms with van der Waals surface area (Å²) >= 11 is 0. The molecule has 164 valence electrons. The molecule has 0 aromatic carbocycles. The molecule has 0 radical (unpaired) electrons. The summed E-state index contributed by atoms with van der Waals surface area (Å²) in [5.41, 5.74) is 0.846. The first-order chi connectivity index (χ1) is 14.8. The number of hydrogen-bond donors (Lipinski definition) is 3. The number of fused-ring (bicyclic) bond motifs is 1. The van der Waals surface area contributed by atoms with Crippen molar-refractivity contribution in [1.29, 1.82) is 0 Å². The number of Topliss-reactive ketones (excluding diaryl/α,β-unsaturated/α-hetero) is 1. The van der Waals surface area contributed by atoms with Crippen LogP contribution in [0.1, 0.15) is 56.3 Å². The maximum atomic E-state index is 12.8. The maximum absolute atomic E-state index is 12.8. The molecule has 31 heavy (non-hydrogen) atoms. The average Bonchev–Trinajstić information content (AvgIpc) is 3.43. The molecule has 3 aromatic heterocycles. The van der Waals surface area contributed by atoms with Gasteiger partial charge in [-0.25, -0.2) is 9.97 Å². The van der Waals surface area contributed by atoms with Gasteiger partial charge in [-0.1, -0.05) is 0 Å². The van der Waals surface area contributed by atoms with Crippen LogP contribution in [0.4, 0.5) is 17.3 Å². The number of rotatable bonds is 10. The van der Waals surface area contributed by atoms with E-state index in [1.807, 2.05) is 18.2 Å². The number of pyridine rings is 1. The number of ether oxygens (including phenoxy) is 1. The molecular formula is C22H28N6O3. The molecule has 3 heterocycles. The summed E-state index contributed by atoms with van der Waals surface area (Å²) in [6.45, 7) is 3.48. The lowest BCUT2D eigenvalue weighted by molar-refractivity contribution is 0.0670. The van der Waals surface area contributed by atoms with E-state index >= 15 is 0 Å². The normalized spacial score (nSPS) is 13.9. The van der Waals surface area contributed by atoms with Crippen molar-refractivity contribution in [3.63, 3.8) is 0 Å². The van der Waals surface area contributed by atoms with Crippen molar-refractivity contribution in [2.45, 2.75) is 57.7 Å². The molecule has 0 atom stereocenters. The van der Waals surface area contributed by atoms with Crippen molar-refractivity contribution in [2.24, 2.45) is 0 Å². The summed E-state index contributed by atoms with van der Waals surface area (Å²) in [5.74, 6) is 1.73. The van der Waals surface area contributed by atoms with Gasteiger partial charge in [0.2, 0.25) is 5.88 Å². The molecule has 0 unspecified atom stereocenters. The van der Waals surface area contributed by atoms with Crippen LogP contribution in [-0.2, 0) is 0 Å². The van der Waals surface area contributed by atoms with Crippen LogP contribution in [0, 0.1) is 0 Å². The van der Waals surface area contributed by atoms with Crippen LogP contribution in [0.3, 0.4) is 0 Å². The smallest absolute Gasteiger partial charge is 0.238 e. The Bertz CT molecular complexity index is 1080. The summed E-state index contributed by atoms with van der Waals surface area (Å²) in [4.78, 5) is 21.8. The Hall–Kier alpha value is -3.20. The highest BCUT2D eigenvalue weighted by Gasteiger charge is 2.25. The molecule has 3 N–H and O–H groups in total. The second kappa shape index (κ2) is 8.50. The molecule has 0 amide bonds. The van der Waals surface area contributed by atoms with Crippen molar-refractivity contribution in [2.75, 3.05) is 17.7 Å². The Morgan fingerprint density at radius 2 is 2.19 bits per heavy atom. The number of aromatic nitrogens is 4. The molecule has 3 aromatic rings. The second-order valence-corrected chi connectivity index (χ2v) is 8.46. The topological polar surface area (TPSA) is 114 Å². The quantitative estimate of drug-likeness (QED) is 0.423. The van der Waals surface area contributed by atoms with Gasteiger partial charge in [0.05, 0.1) is 17.4 Å². The Labute approximate surface area is 180 Å². The SMILES string of the molecule is CNc1cc(Nc2cccnc2OC2CC2)nc2c(C(=O)CCCC(C)(C)O)cnn12. The average molecular weight is 425 g/mol. The lowest BCUT2D eigenvalue weighted by atomic mass is 9.99. The minimum Gasteiger partial charge on any atom is -0.473 e. The van der Waals surface area contributed by atoms with Crippen molar-refractivity contribution in [3.8, 4) is 5.88 Å². The molecule has 0 aliphatic heterocycles. The van der Waals surface area contributed by atoms with E-state index in [9.17, 15) is 9.90 Å². The molecule has 1 saturated carbocycles. The monoisotopic (exact) mass is 424 g/mol. The van der Waals surface area contributed by atoms with E-state index in [4.69, 9.17) is 4.74 Å². The van der Waals surface area contributed by atoms with Crippen LogP contribution in [0.2, 0.25) is 0 Å². The second-order valence-electron chi connectivity index (χ2n) is 8.46. The molecule has 4 rings (SSSR count). The van der Waals surface area contributed by atoms with E-state index in [1.165, 1.54) is 0 Å². The van der Waals surface area contributed by atoms with E-state index in [0.29, 0.717) is 53.7 Å². The molecule has 1 fully saturated rings. The summed E-state index contributed by atoms with van der Waals surface area (Å²) in [6.07, 6.45) is 7.00. The van der Waals surface area contributed by atoms with Crippen LogP contribution in [0.5, 0.6) is 5.88 Å². The number of hydrogen-bond acceptors (Lipinski definition) is 8. The van der Waals surface area contributed by atoms with Crippen molar-refractivity contribution >= 4 is 28.8 Å². The fraction of sp³-hybridized carbons (Fsp3) is 0.455. The molecule has 9 heteroatoms. The van der Waals surface area contributed by atoms with E-state index < -0.39 is 5.60 Å². The van der Waals surface area contributed by atoms with Gasteiger partial charge in [-0.3, -0.25) is 4.79 Å². The summed E-state index contributed by atoms with van der Waals surface area (Å²) in [5, 5.41) is 20.6. The van der Waals surface area contributed by atoms with Crippen molar-refractivity contribution < 1.29 is 14.6 Å². The first kappa shape index (κ1) is 21.0. The number of nitrogens with zero attached hydrogens (tertiary/aromatic N) is 4. The molecule has 0 saturated heterocycles. The van der Waals surface area contributed by atoms with Gasteiger partial charge < -0.3 is 20.5 Å². The van der Waals surface area contributed by atoms with Crippen LogP contribution in [0.15, 0.2) is 30.6 Å². The van der Waals surface area contributed by atoms with Gasteiger partial charge in [0.1, 0.15) is 23.4 Å². The van der Waals surface area contributed by atoms with Gasteiger partial charge in [-0.2, -0.15) is 9.61 Å². The predicted octanol–water partition coefficient (Wildman–Crippen LogP) is 3.57. The fourth-order valence-electron chi connectivity index (χ4n) is 3.28. The number of ketones is 1. The fourth-order valence-corrected chi connectivity index (χ4v) is 3.28. The summed E-state index contributed by atoms with van der Waals surface area (Å²) in [7, 11) is 1.79. The number of carbonyl (C=O) groups is 1. The van der Waals surface area contributed by atoms with E-state index in [2.05, 4.69) is 25.7 Å². The molecular weight excluding hydrogens is 396 g/mol. The Morgan fingerprint density at radius 1 is 1.39 bits per heavy atom. The van der Waals surface area contributed by atoms with Crippen LogP contribution < -0.4 is 15.4 Å². The molecule has 0 spiro atoms. The van der Waals surface area contributed by atoms with Gasteiger partial charge >= 0.3 is 0 Å². The predicted molar refractivity (Wildman–Crippen MR) is 118 cm³/mol. The third-order valence-corrected chi connectivity index (χ3v) is 5.06. The first-order valence-electron chi connectivity index (χ1n) is 10.5. The first-order valence-corrected chi connectivity index (χ1v) is 10.5. The number of carbonyl (C=O) groups excluding carboxylic acids is 1. The van der Waals surface area contributed by atoms with E-state index in [0.717, 1.165) is 12.8 Å². The van der Waals surface area contributed by atoms with Crippen LogP contribution in [0.25, 0.3) is 5.65 Å². The minimum absolute atomic E-state index is 0.0508. The van der Waals surface area contributed by atoms with Gasteiger partial charge in [-0.05, 0) is 51.7 Å². The van der Waals surface area contributed by atoms with Crippen LogP contribution in [-0.4, -0.2) is 49.2 Å². The maximum Gasteiger partial charge on any atom is 0.238 e. The van der Waals surface area contributed by atoms with E-state index in [-0.39, 0.29) is 11.9 Å². The Morgan fingerprint density at radius 3 is 2.90 bits per heavy atom. The molecule has 9 nitrogen and oxygen atoms in total. The van der Waals surface area contributed by atoms with Gasteiger partial charge in [0.25, 0.3) is 0 Å². The third-order valence-electron chi connectivity index (χ3n) is 5.06. The van der Waals surface area contributed by atoms with Gasteiger partial charge in [-0.15, -0.1) is 0 Å². The minimum atomic E-state index is -0.792. The third kappa shape index (κ3) is 5.11. The summed E-state index contributed by atoms with van der Waals surface area (Å²) < 4.78 is 7.49. The van der Waals surface area contributed by atoms with Crippen molar-refractivity contribution in [1.82, 2.24) is 19.6 Å². The lowest BCUT2D eigenvalue weighted by Crippen LogP contribution is -2.18. The highest BCUT2D eigenvalue weighted by Crippen LogP contribution is 2.32. The highest BCUT2D eigenvalue weighted by molar-refractivity contribution is 6.01. The zero-order valence-electron chi connectivity index (χ0n) is 18.1. The van der Waals surface area contributed by atoms with Crippen molar-refractivity contribution in [3.05, 3.63) is 36.2 Å². The largest absolute Gasteiger partial charge is 0.473 e. The summed E-state index contributed by atoms with van der Waals surface area (Å²) in [6, 6.07) is 5.53. The standard InChI is InChI=1S/C22H28N6O3/c1-22(2,30)10-4-7-17(29)15-13-25-28-19(23-3)12-18(27-20(15)28)26-16-6-5-11-24-21(16)31-14-8-9-14/h5-6,11-14,23,30H,4,7-10H2,1-3H3,(H,26,27). The molecule has 1 aliphatic rings. The number of anilines is 3. The number of nitrogens with one attached hydrogen (secondary N) is 2. The number of aliphatic hydroxyl groups is 1. The van der Waals surface area contributed by atoms with Crippen LogP contribution >= 0.6 is 0 Å². The zero-order chi connectivity index (χ0) is 22.0. The highest BCUT2D eigenvalue weighted by atomic mass is 16.5. The zero-order valence-corrected chi connectivity index (χ0v) is 18.1. The Balaban J connectivity index is 1.60. The van der Waals surface area contributed by atoms with E-state index in [1.54, 1.807) is 37.8 Å². The van der Waals surface area contributed by atoms with Gasteiger partial charge in [0.15, 0.2) is 11.4 Å². The molecule has 1 aliphatic carbocycles. The lowest BCUT2D eigenvalue weighted by Gasteiger charge is -2.16. The Kier molecular flexibility index (Phi) is 5.77. The molecule has 0 bridgehead atoms.